The smallest absolute Gasteiger partial charge is 0.238 e. The zero-order valence-electron chi connectivity index (χ0n) is 17.5. The van der Waals surface area contributed by atoms with Gasteiger partial charge in [-0.3, -0.25) is 14.6 Å². The zero-order valence-corrected chi connectivity index (χ0v) is 17.5. The van der Waals surface area contributed by atoms with Gasteiger partial charge in [-0.1, -0.05) is 78.9 Å². The molecule has 0 aromatic heterocycles. The Morgan fingerprint density at radius 1 is 0.800 bits per heavy atom. The number of nitrogens with zero attached hydrogens (tertiary/aromatic N) is 2. The van der Waals surface area contributed by atoms with Gasteiger partial charge in [0.2, 0.25) is 5.91 Å². The molecule has 1 amide bonds. The Bertz CT molecular complexity index is 911. The van der Waals surface area contributed by atoms with Crippen molar-refractivity contribution >= 4 is 11.6 Å². The lowest BCUT2D eigenvalue weighted by molar-refractivity contribution is -0.117. The number of hydrogen-bond acceptors (Lipinski definition) is 3. The number of hydrogen-bond donors (Lipinski definition) is 1. The Morgan fingerprint density at radius 3 is 1.90 bits per heavy atom. The van der Waals surface area contributed by atoms with Crippen molar-refractivity contribution in [1.29, 1.82) is 0 Å². The summed E-state index contributed by atoms with van der Waals surface area (Å²) in [4.78, 5) is 17.3. The lowest BCUT2D eigenvalue weighted by Gasteiger charge is -2.39. The van der Waals surface area contributed by atoms with E-state index in [-0.39, 0.29) is 11.9 Å². The minimum atomic E-state index is 0.0559. The molecule has 4 rings (SSSR count). The molecule has 1 N–H and O–H groups in total. The number of nitrogens with one attached hydrogen (secondary N) is 1. The predicted octanol–water partition coefficient (Wildman–Crippen LogP) is 4.34. The van der Waals surface area contributed by atoms with Crippen molar-refractivity contribution in [3.8, 4) is 0 Å². The van der Waals surface area contributed by atoms with E-state index in [1.807, 2.05) is 31.2 Å². The fourth-order valence-corrected chi connectivity index (χ4v) is 4.17. The average Bonchev–Trinajstić information content (AvgIpc) is 2.78. The second kappa shape index (κ2) is 9.70. The summed E-state index contributed by atoms with van der Waals surface area (Å²) in [5, 5.41) is 3.05. The SMILES string of the molecule is Cc1ccccc1NC(=O)CN1CCN(C(c2ccccc2)c2ccccc2)CC1. The van der Waals surface area contributed by atoms with Crippen molar-refractivity contribution in [3.63, 3.8) is 0 Å². The van der Waals surface area contributed by atoms with Gasteiger partial charge in [-0.05, 0) is 29.7 Å². The Kier molecular flexibility index (Phi) is 6.57. The first-order valence-electron chi connectivity index (χ1n) is 10.6. The highest BCUT2D eigenvalue weighted by atomic mass is 16.2. The summed E-state index contributed by atoms with van der Waals surface area (Å²) in [5.41, 5.74) is 4.61. The highest BCUT2D eigenvalue weighted by Crippen LogP contribution is 2.29. The molecule has 30 heavy (non-hydrogen) atoms. The Hall–Kier alpha value is -2.95. The summed E-state index contributed by atoms with van der Waals surface area (Å²) >= 11 is 0. The average molecular weight is 400 g/mol. The molecule has 0 spiro atoms. The molecule has 1 saturated heterocycles. The monoisotopic (exact) mass is 399 g/mol. The van der Waals surface area contributed by atoms with Crippen LogP contribution in [0.15, 0.2) is 84.9 Å². The van der Waals surface area contributed by atoms with Crippen LogP contribution in [0.3, 0.4) is 0 Å². The first kappa shape index (κ1) is 20.3. The number of para-hydroxylation sites is 1. The van der Waals surface area contributed by atoms with Gasteiger partial charge < -0.3 is 5.32 Å². The van der Waals surface area contributed by atoms with E-state index in [4.69, 9.17) is 0 Å². The molecule has 0 unspecified atom stereocenters. The fraction of sp³-hybridized carbons (Fsp3) is 0.269. The Morgan fingerprint density at radius 2 is 1.33 bits per heavy atom. The summed E-state index contributed by atoms with van der Waals surface area (Å²) < 4.78 is 0. The van der Waals surface area contributed by atoms with Gasteiger partial charge in [0.05, 0.1) is 12.6 Å². The van der Waals surface area contributed by atoms with Crippen molar-refractivity contribution in [3.05, 3.63) is 102 Å². The highest BCUT2D eigenvalue weighted by molar-refractivity contribution is 5.92. The molecule has 0 atom stereocenters. The number of aryl methyl sites for hydroxylation is 1. The summed E-state index contributed by atoms with van der Waals surface area (Å²) in [6, 6.07) is 29.6. The molecule has 1 aliphatic rings. The van der Waals surface area contributed by atoms with Gasteiger partial charge in [0.25, 0.3) is 0 Å². The minimum Gasteiger partial charge on any atom is -0.325 e. The number of benzene rings is 3. The second-order valence-corrected chi connectivity index (χ2v) is 7.90. The lowest BCUT2D eigenvalue weighted by Crippen LogP contribution is -2.49. The largest absolute Gasteiger partial charge is 0.325 e. The van der Waals surface area contributed by atoms with Crippen LogP contribution in [0.4, 0.5) is 5.69 Å². The molecule has 0 radical (unpaired) electrons. The summed E-state index contributed by atoms with van der Waals surface area (Å²) in [6.45, 7) is 6.10. The first-order valence-corrected chi connectivity index (χ1v) is 10.6. The number of carbonyl (C=O) groups is 1. The topological polar surface area (TPSA) is 35.6 Å². The van der Waals surface area contributed by atoms with Crippen LogP contribution >= 0.6 is 0 Å². The van der Waals surface area contributed by atoms with E-state index in [1.54, 1.807) is 0 Å². The van der Waals surface area contributed by atoms with Crippen LogP contribution in [0, 0.1) is 6.92 Å². The molecule has 0 bridgehead atoms. The van der Waals surface area contributed by atoms with Crippen molar-refractivity contribution in [2.45, 2.75) is 13.0 Å². The standard InChI is InChI=1S/C26H29N3O/c1-21-10-8-9-15-24(21)27-25(30)20-28-16-18-29(19-17-28)26(22-11-4-2-5-12-22)23-13-6-3-7-14-23/h2-15,26H,16-20H2,1H3,(H,27,30). The van der Waals surface area contributed by atoms with E-state index in [0.717, 1.165) is 37.4 Å². The minimum absolute atomic E-state index is 0.0559. The van der Waals surface area contributed by atoms with E-state index in [1.165, 1.54) is 11.1 Å². The van der Waals surface area contributed by atoms with E-state index in [9.17, 15) is 4.79 Å². The zero-order chi connectivity index (χ0) is 20.8. The molecule has 3 aromatic carbocycles. The van der Waals surface area contributed by atoms with Crippen LogP contribution in [0.1, 0.15) is 22.7 Å². The molecular formula is C26H29N3O. The molecular weight excluding hydrogens is 370 g/mol. The molecule has 1 heterocycles. The highest BCUT2D eigenvalue weighted by Gasteiger charge is 2.27. The maximum absolute atomic E-state index is 12.5. The van der Waals surface area contributed by atoms with Crippen LogP contribution in [-0.2, 0) is 4.79 Å². The van der Waals surface area contributed by atoms with Gasteiger partial charge in [-0.15, -0.1) is 0 Å². The summed E-state index contributed by atoms with van der Waals surface area (Å²) in [6.07, 6.45) is 0. The van der Waals surface area contributed by atoms with E-state index >= 15 is 0 Å². The lowest BCUT2D eigenvalue weighted by atomic mass is 9.96. The van der Waals surface area contributed by atoms with Gasteiger partial charge in [-0.25, -0.2) is 0 Å². The van der Waals surface area contributed by atoms with Gasteiger partial charge in [0.1, 0.15) is 0 Å². The number of amides is 1. The van der Waals surface area contributed by atoms with E-state index < -0.39 is 0 Å². The molecule has 0 aliphatic carbocycles. The third-order valence-corrected chi connectivity index (χ3v) is 5.79. The molecule has 1 fully saturated rings. The van der Waals surface area contributed by atoms with Crippen molar-refractivity contribution in [1.82, 2.24) is 9.80 Å². The van der Waals surface area contributed by atoms with Gasteiger partial charge in [0, 0.05) is 31.9 Å². The molecule has 4 heteroatoms. The molecule has 3 aromatic rings. The van der Waals surface area contributed by atoms with Crippen molar-refractivity contribution < 1.29 is 4.79 Å². The van der Waals surface area contributed by atoms with Crippen LogP contribution in [0.2, 0.25) is 0 Å². The number of piperazine rings is 1. The normalized spacial score (nSPS) is 15.3. The first-order chi connectivity index (χ1) is 14.7. The predicted molar refractivity (Wildman–Crippen MR) is 123 cm³/mol. The van der Waals surface area contributed by atoms with Gasteiger partial charge in [0.15, 0.2) is 0 Å². The number of rotatable bonds is 6. The van der Waals surface area contributed by atoms with Crippen LogP contribution < -0.4 is 5.32 Å². The maximum atomic E-state index is 12.5. The number of anilines is 1. The van der Waals surface area contributed by atoms with Crippen LogP contribution in [-0.4, -0.2) is 48.4 Å². The third-order valence-electron chi connectivity index (χ3n) is 5.79. The molecule has 0 saturated carbocycles. The molecule has 4 nitrogen and oxygen atoms in total. The Labute approximate surface area is 179 Å². The van der Waals surface area contributed by atoms with E-state index in [0.29, 0.717) is 6.54 Å². The number of carbonyl (C=O) groups excluding carboxylic acids is 1. The fourth-order valence-electron chi connectivity index (χ4n) is 4.17. The Balaban J connectivity index is 1.39. The van der Waals surface area contributed by atoms with Crippen LogP contribution in [0.5, 0.6) is 0 Å². The summed E-state index contributed by atoms with van der Waals surface area (Å²) in [5.74, 6) is 0.0559. The third kappa shape index (κ3) is 4.96. The van der Waals surface area contributed by atoms with Gasteiger partial charge in [-0.2, -0.15) is 0 Å². The molecule has 1 aliphatic heterocycles. The quantitative estimate of drug-likeness (QED) is 0.670. The second-order valence-electron chi connectivity index (χ2n) is 7.90. The van der Waals surface area contributed by atoms with Crippen molar-refractivity contribution in [2.24, 2.45) is 0 Å². The molecule has 154 valence electrons. The maximum Gasteiger partial charge on any atom is 0.238 e. The summed E-state index contributed by atoms with van der Waals surface area (Å²) in [7, 11) is 0. The van der Waals surface area contributed by atoms with Gasteiger partial charge >= 0.3 is 0 Å². The van der Waals surface area contributed by atoms with Crippen LogP contribution in [0.25, 0.3) is 0 Å². The van der Waals surface area contributed by atoms with E-state index in [2.05, 4.69) is 75.8 Å². The van der Waals surface area contributed by atoms with Crippen molar-refractivity contribution in [2.75, 3.05) is 38.0 Å².